The molecule has 1 aromatic carbocycles. The summed E-state index contributed by atoms with van der Waals surface area (Å²) in [6.07, 6.45) is 4.91. The van der Waals surface area contributed by atoms with Crippen molar-refractivity contribution < 1.29 is 14.6 Å². The van der Waals surface area contributed by atoms with Crippen molar-refractivity contribution >= 4 is 5.78 Å². The summed E-state index contributed by atoms with van der Waals surface area (Å²) in [7, 11) is 0. The maximum atomic E-state index is 11.8. The Morgan fingerprint density at radius 3 is 2.88 bits per heavy atom. The second-order valence-electron chi connectivity index (χ2n) is 4.32. The van der Waals surface area contributed by atoms with E-state index in [1.54, 1.807) is 6.08 Å². The van der Waals surface area contributed by atoms with Crippen molar-refractivity contribution in [1.82, 2.24) is 0 Å². The molecule has 1 heterocycles. The van der Waals surface area contributed by atoms with Crippen molar-refractivity contribution in [2.45, 2.75) is 12.5 Å². The van der Waals surface area contributed by atoms with E-state index in [0.717, 1.165) is 11.3 Å². The van der Waals surface area contributed by atoms with Crippen molar-refractivity contribution in [3.8, 4) is 5.75 Å². The van der Waals surface area contributed by atoms with Gasteiger partial charge in [0.1, 0.15) is 17.6 Å². The highest BCUT2D eigenvalue weighted by Gasteiger charge is 2.33. The normalized spacial score (nSPS) is 26.4. The number of para-hydroxylation sites is 1. The third kappa shape index (κ3) is 1.73. The van der Waals surface area contributed by atoms with Gasteiger partial charge in [-0.1, -0.05) is 18.2 Å². The Hall–Kier alpha value is -2.03. The summed E-state index contributed by atoms with van der Waals surface area (Å²) in [6, 6.07) is 7.78. The molecule has 1 aliphatic carbocycles. The van der Waals surface area contributed by atoms with Crippen LogP contribution in [-0.4, -0.2) is 17.0 Å². The molecule has 0 fully saturated rings. The molecule has 0 saturated heterocycles. The third-order valence-corrected chi connectivity index (χ3v) is 3.17. The summed E-state index contributed by atoms with van der Waals surface area (Å²) in [6.45, 7) is 0. The highest BCUT2D eigenvalue weighted by molar-refractivity contribution is 5.95. The zero-order valence-electron chi connectivity index (χ0n) is 9.17. The summed E-state index contributed by atoms with van der Waals surface area (Å²) in [5, 5.41) is 9.44. The van der Waals surface area contributed by atoms with E-state index in [4.69, 9.17) is 4.74 Å². The van der Waals surface area contributed by atoms with E-state index < -0.39 is 0 Å². The van der Waals surface area contributed by atoms with Crippen molar-refractivity contribution in [2.75, 3.05) is 0 Å². The second-order valence-corrected chi connectivity index (χ2v) is 4.32. The largest absolute Gasteiger partial charge is 0.508 e. The quantitative estimate of drug-likeness (QED) is 0.801. The highest BCUT2D eigenvalue weighted by Crippen LogP contribution is 2.33. The number of hydrogen-bond acceptors (Lipinski definition) is 3. The SMILES string of the molecule is O=C1C=CC(O)=CC1C1Cc2ccccc2O1. The Kier molecular flexibility index (Phi) is 2.25. The molecule has 0 bridgehead atoms. The average molecular weight is 228 g/mol. The van der Waals surface area contributed by atoms with Gasteiger partial charge in [0.25, 0.3) is 0 Å². The Morgan fingerprint density at radius 2 is 2.06 bits per heavy atom. The molecule has 1 aliphatic heterocycles. The predicted octanol–water partition coefficient (Wildman–Crippen LogP) is 2.19. The van der Waals surface area contributed by atoms with Gasteiger partial charge >= 0.3 is 0 Å². The maximum Gasteiger partial charge on any atom is 0.166 e. The van der Waals surface area contributed by atoms with Crippen LogP contribution in [0.3, 0.4) is 0 Å². The second kappa shape index (κ2) is 3.77. The first kappa shape index (κ1) is 10.1. The van der Waals surface area contributed by atoms with Gasteiger partial charge in [-0.25, -0.2) is 0 Å². The highest BCUT2D eigenvalue weighted by atomic mass is 16.5. The van der Waals surface area contributed by atoms with Gasteiger partial charge in [0.15, 0.2) is 5.78 Å². The van der Waals surface area contributed by atoms with Crippen LogP contribution in [0.4, 0.5) is 0 Å². The number of aliphatic hydroxyl groups excluding tert-OH is 1. The first-order valence-electron chi connectivity index (χ1n) is 5.61. The zero-order chi connectivity index (χ0) is 11.8. The van der Waals surface area contributed by atoms with Crippen LogP contribution in [0.1, 0.15) is 5.56 Å². The zero-order valence-corrected chi connectivity index (χ0v) is 9.17. The summed E-state index contributed by atoms with van der Waals surface area (Å²) in [5.41, 5.74) is 1.12. The summed E-state index contributed by atoms with van der Waals surface area (Å²) >= 11 is 0. The fourth-order valence-electron chi connectivity index (χ4n) is 2.30. The average Bonchev–Trinajstić information content (AvgIpc) is 2.75. The van der Waals surface area contributed by atoms with E-state index in [1.165, 1.54) is 12.2 Å². The minimum Gasteiger partial charge on any atom is -0.508 e. The number of carbonyl (C=O) groups is 1. The molecule has 0 amide bonds. The number of ketones is 1. The van der Waals surface area contributed by atoms with E-state index in [0.29, 0.717) is 6.42 Å². The van der Waals surface area contributed by atoms with Gasteiger partial charge in [-0.15, -0.1) is 0 Å². The van der Waals surface area contributed by atoms with E-state index >= 15 is 0 Å². The molecule has 2 aliphatic rings. The van der Waals surface area contributed by atoms with Crippen molar-refractivity contribution in [3.63, 3.8) is 0 Å². The number of hydrogen-bond donors (Lipinski definition) is 1. The molecule has 2 unspecified atom stereocenters. The predicted molar refractivity (Wildman–Crippen MR) is 62.9 cm³/mol. The van der Waals surface area contributed by atoms with E-state index in [2.05, 4.69) is 0 Å². The lowest BCUT2D eigenvalue weighted by Gasteiger charge is -2.19. The van der Waals surface area contributed by atoms with Crippen LogP contribution in [0.25, 0.3) is 0 Å². The van der Waals surface area contributed by atoms with Gasteiger partial charge in [-0.2, -0.15) is 0 Å². The Morgan fingerprint density at radius 1 is 1.24 bits per heavy atom. The maximum absolute atomic E-state index is 11.8. The van der Waals surface area contributed by atoms with Crippen LogP contribution in [0, 0.1) is 5.92 Å². The number of carbonyl (C=O) groups excluding carboxylic acids is 1. The molecule has 0 radical (unpaired) electrons. The first-order chi connectivity index (χ1) is 8.24. The molecule has 1 aromatic rings. The van der Waals surface area contributed by atoms with Crippen LogP contribution in [0.2, 0.25) is 0 Å². The van der Waals surface area contributed by atoms with Gasteiger partial charge in [0, 0.05) is 6.42 Å². The van der Waals surface area contributed by atoms with E-state index in [-0.39, 0.29) is 23.6 Å². The standard InChI is InChI=1S/C14H12O3/c15-10-5-6-12(16)11(8-10)14-7-9-3-1-2-4-13(9)17-14/h1-6,8,11,14-15H,7H2. The molecule has 3 nitrogen and oxygen atoms in total. The van der Waals surface area contributed by atoms with Crippen molar-refractivity contribution in [3.05, 3.63) is 53.8 Å². The van der Waals surface area contributed by atoms with Crippen LogP contribution < -0.4 is 4.74 Å². The summed E-state index contributed by atoms with van der Waals surface area (Å²) in [4.78, 5) is 11.8. The van der Waals surface area contributed by atoms with Crippen LogP contribution in [0.15, 0.2) is 48.3 Å². The number of benzene rings is 1. The molecule has 3 heteroatoms. The lowest BCUT2D eigenvalue weighted by atomic mass is 9.90. The van der Waals surface area contributed by atoms with Gasteiger partial charge in [0.05, 0.1) is 5.92 Å². The molecule has 0 saturated carbocycles. The van der Waals surface area contributed by atoms with Gasteiger partial charge in [0.2, 0.25) is 0 Å². The van der Waals surface area contributed by atoms with Crippen molar-refractivity contribution in [1.29, 1.82) is 0 Å². The molecule has 17 heavy (non-hydrogen) atoms. The number of rotatable bonds is 1. The number of ether oxygens (including phenoxy) is 1. The third-order valence-electron chi connectivity index (χ3n) is 3.17. The minimum atomic E-state index is -0.382. The fraction of sp³-hybridized carbons (Fsp3) is 0.214. The number of aliphatic hydroxyl groups is 1. The van der Waals surface area contributed by atoms with Crippen LogP contribution >= 0.6 is 0 Å². The lowest BCUT2D eigenvalue weighted by molar-refractivity contribution is -0.119. The fourth-order valence-corrected chi connectivity index (χ4v) is 2.30. The minimum absolute atomic E-state index is 0.0133. The Labute approximate surface area is 99.0 Å². The smallest absolute Gasteiger partial charge is 0.166 e. The topological polar surface area (TPSA) is 46.5 Å². The van der Waals surface area contributed by atoms with Gasteiger partial charge in [-0.05, 0) is 29.9 Å². The van der Waals surface area contributed by atoms with Crippen molar-refractivity contribution in [2.24, 2.45) is 5.92 Å². The number of allylic oxidation sites excluding steroid dienone is 2. The molecule has 2 atom stereocenters. The van der Waals surface area contributed by atoms with E-state index in [1.807, 2.05) is 24.3 Å². The molecular formula is C14H12O3. The molecular weight excluding hydrogens is 216 g/mol. The van der Waals surface area contributed by atoms with Crippen LogP contribution in [-0.2, 0) is 11.2 Å². The molecule has 3 rings (SSSR count). The monoisotopic (exact) mass is 228 g/mol. The first-order valence-corrected chi connectivity index (χ1v) is 5.61. The van der Waals surface area contributed by atoms with Gasteiger partial charge < -0.3 is 9.84 Å². The Balaban J connectivity index is 1.85. The Bertz CT molecular complexity index is 503. The van der Waals surface area contributed by atoms with E-state index in [9.17, 15) is 9.90 Å². The van der Waals surface area contributed by atoms with Crippen LogP contribution in [0.5, 0.6) is 5.75 Å². The number of fused-ring (bicyclic) bond motifs is 1. The molecule has 1 N–H and O–H groups in total. The summed E-state index contributed by atoms with van der Waals surface area (Å²) in [5.74, 6) is 0.579. The summed E-state index contributed by atoms with van der Waals surface area (Å²) < 4.78 is 5.75. The molecule has 0 aromatic heterocycles. The lowest BCUT2D eigenvalue weighted by Crippen LogP contribution is -2.31. The molecule has 0 spiro atoms. The van der Waals surface area contributed by atoms with Gasteiger partial charge in [-0.3, -0.25) is 4.79 Å². The molecule has 86 valence electrons.